The molecule has 1 aliphatic rings. The smallest absolute Gasteiger partial charge is 0.410 e. The molecule has 1 atom stereocenters. The van der Waals surface area contributed by atoms with E-state index in [4.69, 9.17) is 14.1 Å². The Morgan fingerprint density at radius 3 is 2.56 bits per heavy atom. The summed E-state index contributed by atoms with van der Waals surface area (Å²) in [5.41, 5.74) is 3.27. The topological polar surface area (TPSA) is 141 Å². The number of ether oxygens (including phenoxy) is 1. The summed E-state index contributed by atoms with van der Waals surface area (Å²) in [5, 5.41) is 15.7. The van der Waals surface area contributed by atoms with Gasteiger partial charge in [0, 0.05) is 48.9 Å². The second-order valence-corrected chi connectivity index (χ2v) is 13.8. The van der Waals surface area contributed by atoms with Crippen LogP contribution in [0.15, 0.2) is 47.3 Å². The zero-order valence-electron chi connectivity index (χ0n) is 27.3. The van der Waals surface area contributed by atoms with Crippen LogP contribution in [0, 0.1) is 0 Å². The number of amides is 1. The fourth-order valence-electron chi connectivity index (χ4n) is 5.09. The minimum absolute atomic E-state index is 0.00583. The monoisotopic (exact) mass is 614 g/mol. The second-order valence-electron chi connectivity index (χ2n) is 13.8. The van der Waals surface area contributed by atoms with E-state index < -0.39 is 11.7 Å². The van der Waals surface area contributed by atoms with Crippen LogP contribution in [0.3, 0.4) is 0 Å². The molecule has 1 aromatic carbocycles. The van der Waals surface area contributed by atoms with Crippen LogP contribution in [-0.2, 0) is 16.7 Å². The van der Waals surface area contributed by atoms with E-state index in [-0.39, 0.29) is 35.5 Å². The number of fused-ring (bicyclic) bond motifs is 1. The van der Waals surface area contributed by atoms with Crippen molar-refractivity contribution in [2.45, 2.75) is 97.8 Å². The summed E-state index contributed by atoms with van der Waals surface area (Å²) in [6.07, 6.45) is 5.70. The Hall–Kier alpha value is -4.61. The van der Waals surface area contributed by atoms with Crippen LogP contribution < -0.4 is 5.32 Å². The molecule has 0 fully saturated rings. The molecule has 0 bridgehead atoms. The maximum absolute atomic E-state index is 13.4. The number of hydrogen-bond donors (Lipinski definition) is 1. The summed E-state index contributed by atoms with van der Waals surface area (Å²) in [4.78, 5) is 37.4. The average molecular weight is 615 g/mol. The van der Waals surface area contributed by atoms with Crippen LogP contribution in [0.4, 0.5) is 16.4 Å². The van der Waals surface area contributed by atoms with Crippen molar-refractivity contribution in [2.75, 3.05) is 11.9 Å². The Bertz CT molecular complexity index is 1680. The van der Waals surface area contributed by atoms with Crippen LogP contribution in [0.2, 0.25) is 0 Å². The SMILES string of the molecule is CC(C)n1cc(Nc2nccc(-c3ccc4c(c3)CN(C(=O)OC(C)(C)C)CC[C@H]4CC(=O)c3nnc(C(C)(C)C)o3)n2)cn1. The fourth-order valence-corrected chi connectivity index (χ4v) is 5.09. The molecule has 1 amide bonds. The highest BCUT2D eigenvalue weighted by molar-refractivity contribution is 5.92. The summed E-state index contributed by atoms with van der Waals surface area (Å²) >= 11 is 0. The number of anilines is 2. The number of carbonyl (C=O) groups is 2. The van der Waals surface area contributed by atoms with Crippen molar-refractivity contribution in [3.8, 4) is 11.3 Å². The molecule has 45 heavy (non-hydrogen) atoms. The van der Waals surface area contributed by atoms with Gasteiger partial charge in [0.15, 0.2) is 0 Å². The molecule has 1 aliphatic heterocycles. The van der Waals surface area contributed by atoms with Gasteiger partial charge in [0.1, 0.15) is 5.60 Å². The maximum atomic E-state index is 13.4. The molecule has 0 unspecified atom stereocenters. The molecule has 0 radical (unpaired) electrons. The zero-order chi connectivity index (χ0) is 32.5. The lowest BCUT2D eigenvalue weighted by atomic mass is 9.87. The third-order valence-electron chi connectivity index (χ3n) is 7.42. The van der Waals surface area contributed by atoms with Gasteiger partial charge >= 0.3 is 6.09 Å². The van der Waals surface area contributed by atoms with E-state index in [1.807, 2.05) is 76.7 Å². The number of hydrogen-bond acceptors (Lipinski definition) is 10. The molecule has 0 saturated heterocycles. The van der Waals surface area contributed by atoms with Gasteiger partial charge in [-0.25, -0.2) is 14.8 Å². The molecule has 238 valence electrons. The molecule has 4 heterocycles. The second kappa shape index (κ2) is 12.4. The summed E-state index contributed by atoms with van der Waals surface area (Å²) in [6.45, 7) is 16.3. The third kappa shape index (κ3) is 7.73. The lowest BCUT2D eigenvalue weighted by molar-refractivity contribution is 0.0234. The van der Waals surface area contributed by atoms with Crippen LogP contribution in [0.1, 0.15) is 108 Å². The van der Waals surface area contributed by atoms with E-state index in [1.54, 1.807) is 17.3 Å². The van der Waals surface area contributed by atoms with Gasteiger partial charge in [-0.05, 0) is 70.2 Å². The van der Waals surface area contributed by atoms with Crippen LogP contribution in [0.5, 0.6) is 0 Å². The number of rotatable bonds is 7. The van der Waals surface area contributed by atoms with Crippen molar-refractivity contribution in [1.29, 1.82) is 0 Å². The van der Waals surface area contributed by atoms with Gasteiger partial charge in [0.25, 0.3) is 5.89 Å². The number of carbonyl (C=O) groups excluding carboxylic acids is 2. The van der Waals surface area contributed by atoms with Gasteiger partial charge in [0.05, 0.1) is 17.6 Å². The van der Waals surface area contributed by atoms with E-state index in [9.17, 15) is 9.59 Å². The highest BCUT2D eigenvalue weighted by Crippen LogP contribution is 2.35. The predicted octanol–water partition coefficient (Wildman–Crippen LogP) is 6.84. The van der Waals surface area contributed by atoms with Gasteiger partial charge in [0.2, 0.25) is 17.6 Å². The lowest BCUT2D eigenvalue weighted by Crippen LogP contribution is -2.36. The molecule has 3 aromatic heterocycles. The number of nitrogens with one attached hydrogen (secondary N) is 1. The molecule has 12 nitrogen and oxygen atoms in total. The lowest BCUT2D eigenvalue weighted by Gasteiger charge is -2.26. The number of benzene rings is 1. The van der Waals surface area contributed by atoms with Crippen molar-refractivity contribution in [3.63, 3.8) is 0 Å². The van der Waals surface area contributed by atoms with Crippen LogP contribution in [-0.4, -0.2) is 58.9 Å². The highest BCUT2D eigenvalue weighted by atomic mass is 16.6. The maximum Gasteiger partial charge on any atom is 0.410 e. The van der Waals surface area contributed by atoms with Crippen molar-refractivity contribution in [2.24, 2.45) is 0 Å². The Morgan fingerprint density at radius 1 is 1.11 bits per heavy atom. The van der Waals surface area contributed by atoms with Gasteiger partial charge in [-0.1, -0.05) is 32.9 Å². The zero-order valence-corrected chi connectivity index (χ0v) is 27.3. The fraction of sp³-hybridized carbons (Fsp3) is 0.485. The first-order valence-electron chi connectivity index (χ1n) is 15.3. The van der Waals surface area contributed by atoms with Crippen molar-refractivity contribution in [3.05, 3.63) is 65.8 Å². The Labute approximate surface area is 263 Å². The van der Waals surface area contributed by atoms with Gasteiger partial charge < -0.3 is 19.4 Å². The first-order valence-corrected chi connectivity index (χ1v) is 15.3. The summed E-state index contributed by atoms with van der Waals surface area (Å²) in [5.74, 6) is 0.473. The van der Waals surface area contributed by atoms with Crippen molar-refractivity contribution < 1.29 is 18.7 Å². The standard InChI is InChI=1S/C33H42N8O4/c1-20(2)41-19-24(17-35-41)36-30-34-13-11-26(37-30)22-9-10-25-21(16-27(42)28-38-39-29(44-28)32(3,4)5)12-14-40(18-23(25)15-22)31(43)45-33(6,7)8/h9-11,13,15,17,19-21H,12,14,16,18H2,1-8H3,(H,34,36,37)/t21-/m0/s1. The van der Waals surface area contributed by atoms with E-state index in [0.717, 1.165) is 22.4 Å². The summed E-state index contributed by atoms with van der Waals surface area (Å²) in [7, 11) is 0. The molecule has 5 rings (SSSR count). The van der Waals surface area contributed by atoms with E-state index >= 15 is 0 Å². The van der Waals surface area contributed by atoms with E-state index in [2.05, 4.69) is 39.4 Å². The Kier molecular flexibility index (Phi) is 8.77. The summed E-state index contributed by atoms with van der Waals surface area (Å²) < 4.78 is 13.3. The molecule has 0 spiro atoms. The minimum atomic E-state index is -0.637. The quantitative estimate of drug-likeness (QED) is 0.220. The molecular formula is C33H42N8O4. The van der Waals surface area contributed by atoms with Crippen LogP contribution >= 0.6 is 0 Å². The van der Waals surface area contributed by atoms with Gasteiger partial charge in [-0.3, -0.25) is 9.48 Å². The summed E-state index contributed by atoms with van der Waals surface area (Å²) in [6, 6.07) is 8.13. The Balaban J connectivity index is 1.44. The van der Waals surface area contributed by atoms with Gasteiger partial charge in [-0.15, -0.1) is 10.2 Å². The largest absolute Gasteiger partial charge is 0.444 e. The van der Waals surface area contributed by atoms with Crippen molar-refractivity contribution >= 4 is 23.5 Å². The first kappa shape index (κ1) is 31.8. The van der Waals surface area contributed by atoms with Gasteiger partial charge in [-0.2, -0.15) is 5.10 Å². The molecule has 0 aliphatic carbocycles. The average Bonchev–Trinajstić information content (AvgIpc) is 3.61. The van der Waals surface area contributed by atoms with E-state index in [0.29, 0.717) is 37.0 Å². The molecular weight excluding hydrogens is 572 g/mol. The molecule has 12 heteroatoms. The van der Waals surface area contributed by atoms with Crippen LogP contribution in [0.25, 0.3) is 11.3 Å². The number of Topliss-reactive ketones (excluding diaryl/α,β-unsaturated/α-hetero) is 1. The van der Waals surface area contributed by atoms with Crippen molar-refractivity contribution in [1.82, 2.24) is 34.8 Å². The molecule has 0 saturated carbocycles. The Morgan fingerprint density at radius 2 is 1.89 bits per heavy atom. The molecule has 4 aromatic rings. The number of aromatic nitrogens is 6. The normalized spacial score (nSPS) is 15.5. The number of nitrogens with zero attached hydrogens (tertiary/aromatic N) is 7. The molecule has 1 N–H and O–H groups in total. The first-order chi connectivity index (χ1) is 21.2. The third-order valence-corrected chi connectivity index (χ3v) is 7.42. The number of ketones is 1. The predicted molar refractivity (Wildman–Crippen MR) is 169 cm³/mol. The minimum Gasteiger partial charge on any atom is -0.444 e. The highest BCUT2D eigenvalue weighted by Gasteiger charge is 2.31. The van der Waals surface area contributed by atoms with E-state index in [1.165, 1.54) is 0 Å².